The van der Waals surface area contributed by atoms with Gasteiger partial charge in [0.05, 0.1) is 14.2 Å². The van der Waals surface area contributed by atoms with Crippen LogP contribution in [0.2, 0.25) is 0 Å². The Labute approximate surface area is 274 Å². The van der Waals surface area contributed by atoms with Crippen LogP contribution in [0.15, 0.2) is 131 Å². The van der Waals surface area contributed by atoms with Crippen molar-refractivity contribution in [3.8, 4) is 28.4 Å². The predicted molar refractivity (Wildman–Crippen MR) is 189 cm³/mol. The monoisotopic (exact) mass is 618 g/mol. The molecule has 0 saturated heterocycles. The normalized spacial score (nSPS) is 14.2. The standard InChI is InChI=1S/C42H34O3S/c1-27-8-4-7-11-39(27)46-33-21-23-36-38(26-33)41-37(35-22-12-28-9-5-6-10-34(28)40(35)36)24-25-42(45-41,29-13-17-31(43-2)18-14-29)30-15-19-32(44-3)20-16-30/h4-11,13-21,23-26H,12,22H2,1-3H3. The lowest BCUT2D eigenvalue weighted by Crippen LogP contribution is -2.34. The van der Waals surface area contributed by atoms with E-state index >= 15 is 0 Å². The zero-order valence-electron chi connectivity index (χ0n) is 26.2. The Hall–Kier alpha value is -4.93. The largest absolute Gasteiger partial charge is 0.497 e. The van der Waals surface area contributed by atoms with Crippen molar-refractivity contribution in [2.24, 2.45) is 0 Å². The molecule has 4 heteroatoms. The van der Waals surface area contributed by atoms with Gasteiger partial charge >= 0.3 is 0 Å². The second-order valence-electron chi connectivity index (χ2n) is 12.0. The Morgan fingerprint density at radius 2 is 1.37 bits per heavy atom. The van der Waals surface area contributed by atoms with E-state index in [0.29, 0.717) is 0 Å². The van der Waals surface area contributed by atoms with Crippen molar-refractivity contribution < 1.29 is 14.2 Å². The fraction of sp³-hybridized carbons (Fsp3) is 0.143. The summed E-state index contributed by atoms with van der Waals surface area (Å²) < 4.78 is 18.5. The molecule has 6 aromatic carbocycles. The minimum atomic E-state index is -0.849. The lowest BCUT2D eigenvalue weighted by atomic mass is 9.77. The van der Waals surface area contributed by atoms with Gasteiger partial charge in [-0.25, -0.2) is 0 Å². The Morgan fingerprint density at radius 3 is 2.07 bits per heavy atom. The number of hydrogen-bond acceptors (Lipinski definition) is 4. The van der Waals surface area contributed by atoms with Gasteiger partial charge in [-0.15, -0.1) is 0 Å². The quantitative estimate of drug-likeness (QED) is 0.186. The number of ether oxygens (including phenoxy) is 3. The van der Waals surface area contributed by atoms with Crippen LogP contribution in [0.3, 0.4) is 0 Å². The summed E-state index contributed by atoms with van der Waals surface area (Å²) in [6, 6.07) is 40.8. The van der Waals surface area contributed by atoms with E-state index in [9.17, 15) is 0 Å². The highest BCUT2D eigenvalue weighted by Crippen LogP contribution is 2.52. The Balaban J connectivity index is 1.38. The summed E-state index contributed by atoms with van der Waals surface area (Å²) in [6.45, 7) is 2.17. The fourth-order valence-electron chi connectivity index (χ4n) is 7.02. The van der Waals surface area contributed by atoms with Crippen LogP contribution in [-0.4, -0.2) is 14.2 Å². The number of hydrogen-bond donors (Lipinski definition) is 0. The summed E-state index contributed by atoms with van der Waals surface area (Å²) in [4.78, 5) is 2.44. The van der Waals surface area contributed by atoms with Crippen LogP contribution in [0, 0.1) is 6.92 Å². The minimum Gasteiger partial charge on any atom is -0.497 e. The smallest absolute Gasteiger partial charge is 0.178 e. The van der Waals surface area contributed by atoms with Gasteiger partial charge < -0.3 is 14.2 Å². The lowest BCUT2D eigenvalue weighted by Gasteiger charge is -2.38. The predicted octanol–water partition coefficient (Wildman–Crippen LogP) is 10.4. The van der Waals surface area contributed by atoms with E-state index in [4.69, 9.17) is 14.2 Å². The van der Waals surface area contributed by atoms with Gasteiger partial charge in [0.1, 0.15) is 17.2 Å². The summed E-state index contributed by atoms with van der Waals surface area (Å²) in [6.07, 6.45) is 6.52. The highest BCUT2D eigenvalue weighted by atomic mass is 32.2. The molecule has 0 radical (unpaired) electrons. The van der Waals surface area contributed by atoms with Crippen molar-refractivity contribution in [2.75, 3.05) is 14.2 Å². The van der Waals surface area contributed by atoms with Crippen LogP contribution in [0.4, 0.5) is 0 Å². The van der Waals surface area contributed by atoms with Gasteiger partial charge in [0.15, 0.2) is 5.60 Å². The molecule has 0 atom stereocenters. The molecule has 2 aliphatic rings. The van der Waals surface area contributed by atoms with Crippen molar-refractivity contribution in [2.45, 2.75) is 35.2 Å². The molecule has 8 rings (SSSR count). The molecule has 3 nitrogen and oxygen atoms in total. The molecule has 46 heavy (non-hydrogen) atoms. The van der Waals surface area contributed by atoms with Crippen LogP contribution in [-0.2, 0) is 18.4 Å². The van der Waals surface area contributed by atoms with Gasteiger partial charge in [-0.05, 0) is 102 Å². The summed E-state index contributed by atoms with van der Waals surface area (Å²) >= 11 is 1.80. The first kappa shape index (κ1) is 28.5. The molecule has 226 valence electrons. The van der Waals surface area contributed by atoms with Crippen LogP contribution in [0.1, 0.15) is 33.4 Å². The van der Waals surface area contributed by atoms with Crippen LogP contribution in [0.5, 0.6) is 17.2 Å². The van der Waals surface area contributed by atoms with Gasteiger partial charge in [0.2, 0.25) is 0 Å². The average molecular weight is 619 g/mol. The molecule has 1 aliphatic carbocycles. The second-order valence-corrected chi connectivity index (χ2v) is 13.1. The maximum absolute atomic E-state index is 7.46. The fourth-order valence-corrected chi connectivity index (χ4v) is 7.96. The third kappa shape index (κ3) is 4.67. The first-order valence-electron chi connectivity index (χ1n) is 15.7. The molecule has 0 amide bonds. The number of methoxy groups -OCH3 is 2. The van der Waals surface area contributed by atoms with Crippen LogP contribution >= 0.6 is 11.8 Å². The highest BCUT2D eigenvalue weighted by Gasteiger charge is 2.39. The second kappa shape index (κ2) is 11.5. The molecule has 0 N–H and O–H groups in total. The van der Waals surface area contributed by atoms with E-state index < -0.39 is 5.60 Å². The molecule has 0 bridgehead atoms. The third-order valence-corrected chi connectivity index (χ3v) is 10.6. The Morgan fingerprint density at radius 1 is 0.696 bits per heavy atom. The van der Waals surface area contributed by atoms with Crippen molar-refractivity contribution in [1.29, 1.82) is 0 Å². The molecule has 6 aromatic rings. The van der Waals surface area contributed by atoms with Gasteiger partial charge in [-0.3, -0.25) is 0 Å². The molecular weight excluding hydrogens is 585 g/mol. The van der Waals surface area contributed by atoms with E-state index in [1.165, 1.54) is 48.6 Å². The van der Waals surface area contributed by atoms with E-state index in [-0.39, 0.29) is 0 Å². The van der Waals surface area contributed by atoms with Crippen molar-refractivity contribution in [3.05, 3.63) is 155 Å². The van der Waals surface area contributed by atoms with Gasteiger partial charge in [-0.2, -0.15) is 0 Å². The molecule has 0 fully saturated rings. The zero-order chi connectivity index (χ0) is 31.3. The molecule has 0 unspecified atom stereocenters. The van der Waals surface area contributed by atoms with Crippen molar-refractivity contribution >= 4 is 28.6 Å². The van der Waals surface area contributed by atoms with Crippen molar-refractivity contribution in [1.82, 2.24) is 0 Å². The lowest BCUT2D eigenvalue weighted by molar-refractivity contribution is 0.163. The van der Waals surface area contributed by atoms with Crippen molar-refractivity contribution in [3.63, 3.8) is 0 Å². The van der Waals surface area contributed by atoms with E-state index in [1.54, 1.807) is 26.0 Å². The maximum Gasteiger partial charge on any atom is 0.178 e. The van der Waals surface area contributed by atoms with Gasteiger partial charge in [0.25, 0.3) is 0 Å². The summed E-state index contributed by atoms with van der Waals surface area (Å²) in [5.41, 5.74) is 9.07. The van der Waals surface area contributed by atoms with E-state index in [1.807, 2.05) is 24.3 Å². The number of aryl methyl sites for hydroxylation is 2. The van der Waals surface area contributed by atoms with E-state index in [2.05, 4.69) is 110 Å². The maximum atomic E-state index is 7.46. The zero-order valence-corrected chi connectivity index (χ0v) is 27.0. The molecule has 1 heterocycles. The number of fused-ring (bicyclic) bond motifs is 8. The molecule has 0 aromatic heterocycles. The topological polar surface area (TPSA) is 27.7 Å². The average Bonchev–Trinajstić information content (AvgIpc) is 3.12. The first-order valence-corrected chi connectivity index (χ1v) is 16.5. The first-order chi connectivity index (χ1) is 22.6. The summed E-state index contributed by atoms with van der Waals surface area (Å²) in [7, 11) is 3.39. The van der Waals surface area contributed by atoms with Gasteiger partial charge in [-0.1, -0.05) is 90.6 Å². The van der Waals surface area contributed by atoms with Crippen LogP contribution in [0.25, 0.3) is 28.0 Å². The Kier molecular flexibility index (Phi) is 7.11. The third-order valence-electron chi connectivity index (χ3n) is 9.41. The van der Waals surface area contributed by atoms with E-state index in [0.717, 1.165) is 46.6 Å². The number of rotatable bonds is 6. The summed E-state index contributed by atoms with van der Waals surface area (Å²) in [5.74, 6) is 2.55. The molecule has 0 saturated carbocycles. The Bertz CT molecular complexity index is 2080. The van der Waals surface area contributed by atoms with Gasteiger partial charge in [0, 0.05) is 31.9 Å². The number of benzene rings is 6. The highest BCUT2D eigenvalue weighted by molar-refractivity contribution is 7.99. The minimum absolute atomic E-state index is 0.810. The molecule has 0 spiro atoms. The molecule has 1 aliphatic heterocycles. The van der Waals surface area contributed by atoms with Crippen LogP contribution < -0.4 is 14.2 Å². The molecular formula is C42H34O3S. The summed E-state index contributed by atoms with van der Waals surface area (Å²) in [5, 5.41) is 2.35. The SMILES string of the molecule is COc1ccc(C2(c3ccc(OC)cc3)C=Cc3c4c(c5ccc(Sc6ccccc6C)cc5c3O2)-c2ccccc2CC4)cc1.